The van der Waals surface area contributed by atoms with E-state index in [1.54, 1.807) is 19.2 Å². The molecule has 0 aliphatic carbocycles. The molecule has 6 nitrogen and oxygen atoms in total. The molecular weight excluding hydrogens is 418 g/mol. The van der Waals surface area contributed by atoms with Gasteiger partial charge < -0.3 is 23.9 Å². The number of amides is 1. The Bertz CT molecular complexity index is 1080. The number of carbonyl (C=O) groups is 1. The van der Waals surface area contributed by atoms with E-state index in [1.165, 1.54) is 11.1 Å². The maximum atomic E-state index is 12.8. The molecule has 1 aliphatic rings. The van der Waals surface area contributed by atoms with E-state index in [1.807, 2.05) is 38.1 Å². The summed E-state index contributed by atoms with van der Waals surface area (Å²) >= 11 is 0. The third kappa shape index (κ3) is 5.40. The molecule has 1 aliphatic heterocycles. The lowest BCUT2D eigenvalue weighted by Gasteiger charge is -2.38. The maximum absolute atomic E-state index is 12.8. The zero-order chi connectivity index (χ0) is 23.3. The zero-order valence-corrected chi connectivity index (χ0v) is 19.5. The molecule has 0 unspecified atom stereocenters. The fourth-order valence-corrected chi connectivity index (χ4v) is 4.30. The second-order valence-electron chi connectivity index (χ2n) is 8.63. The molecule has 2 heterocycles. The molecule has 33 heavy (non-hydrogen) atoms. The number of ether oxygens (including phenoxy) is 3. The summed E-state index contributed by atoms with van der Waals surface area (Å²) in [6.45, 7) is 6.18. The molecule has 6 heteroatoms. The highest BCUT2D eigenvalue weighted by Gasteiger charge is 2.35. The van der Waals surface area contributed by atoms with Gasteiger partial charge in [0.2, 0.25) is 0 Å². The number of carbonyl (C=O) groups excluding carboxylic acids is 1. The molecule has 174 valence electrons. The van der Waals surface area contributed by atoms with Crippen molar-refractivity contribution in [1.82, 2.24) is 5.32 Å². The highest BCUT2D eigenvalue weighted by Crippen LogP contribution is 2.35. The first-order valence-corrected chi connectivity index (χ1v) is 11.3. The van der Waals surface area contributed by atoms with Crippen LogP contribution in [0.25, 0.3) is 0 Å². The van der Waals surface area contributed by atoms with E-state index in [2.05, 4.69) is 23.5 Å². The van der Waals surface area contributed by atoms with Gasteiger partial charge >= 0.3 is 0 Å². The van der Waals surface area contributed by atoms with Gasteiger partial charge in [-0.3, -0.25) is 4.79 Å². The van der Waals surface area contributed by atoms with Crippen molar-refractivity contribution < 1.29 is 23.4 Å². The van der Waals surface area contributed by atoms with Crippen LogP contribution in [0.4, 0.5) is 0 Å². The van der Waals surface area contributed by atoms with Crippen molar-refractivity contribution in [3.8, 4) is 11.5 Å². The summed E-state index contributed by atoms with van der Waals surface area (Å²) in [5, 5.41) is 3.08. The predicted molar refractivity (Wildman–Crippen MR) is 126 cm³/mol. The average Bonchev–Trinajstić information content (AvgIpc) is 3.32. The minimum Gasteiger partial charge on any atom is -0.497 e. The molecule has 0 atom stereocenters. The summed E-state index contributed by atoms with van der Waals surface area (Å²) in [7, 11) is 1.66. The topological polar surface area (TPSA) is 69.9 Å². The van der Waals surface area contributed by atoms with Crippen molar-refractivity contribution in [1.29, 1.82) is 0 Å². The van der Waals surface area contributed by atoms with Crippen molar-refractivity contribution in [2.24, 2.45) is 0 Å². The molecule has 4 rings (SSSR count). The van der Waals surface area contributed by atoms with Crippen LogP contribution in [0.1, 0.15) is 45.8 Å². The molecular formula is C27H31NO5. The molecule has 0 radical (unpaired) electrons. The third-order valence-corrected chi connectivity index (χ3v) is 6.33. The van der Waals surface area contributed by atoms with Gasteiger partial charge in [-0.1, -0.05) is 29.8 Å². The van der Waals surface area contributed by atoms with E-state index in [-0.39, 0.29) is 23.7 Å². The number of benzene rings is 2. The Balaban J connectivity index is 1.39. The van der Waals surface area contributed by atoms with Crippen LogP contribution in [-0.4, -0.2) is 32.8 Å². The monoisotopic (exact) mass is 449 g/mol. The Morgan fingerprint density at radius 2 is 1.79 bits per heavy atom. The van der Waals surface area contributed by atoms with Crippen molar-refractivity contribution in [2.45, 2.75) is 38.7 Å². The van der Waals surface area contributed by atoms with Gasteiger partial charge in [-0.05, 0) is 68.1 Å². The lowest BCUT2D eigenvalue weighted by Crippen LogP contribution is -2.44. The van der Waals surface area contributed by atoms with E-state index >= 15 is 0 Å². The van der Waals surface area contributed by atoms with Gasteiger partial charge in [0.1, 0.15) is 23.9 Å². The van der Waals surface area contributed by atoms with Gasteiger partial charge in [0.25, 0.3) is 5.91 Å². The zero-order valence-electron chi connectivity index (χ0n) is 19.5. The van der Waals surface area contributed by atoms with Gasteiger partial charge in [-0.15, -0.1) is 0 Å². The summed E-state index contributed by atoms with van der Waals surface area (Å²) in [6, 6.07) is 17.6. The Morgan fingerprint density at radius 1 is 1.03 bits per heavy atom. The van der Waals surface area contributed by atoms with Crippen molar-refractivity contribution in [3.63, 3.8) is 0 Å². The summed E-state index contributed by atoms with van der Waals surface area (Å²) in [4.78, 5) is 12.8. The number of furan rings is 1. The van der Waals surface area contributed by atoms with Crippen LogP contribution < -0.4 is 14.8 Å². The number of rotatable bonds is 8. The van der Waals surface area contributed by atoms with Gasteiger partial charge in [-0.2, -0.15) is 0 Å². The Morgan fingerprint density at radius 3 is 2.48 bits per heavy atom. The second kappa shape index (κ2) is 10.1. The minimum atomic E-state index is -0.229. The van der Waals surface area contributed by atoms with Crippen LogP contribution in [-0.2, 0) is 16.8 Å². The fourth-order valence-electron chi connectivity index (χ4n) is 4.30. The molecule has 1 saturated heterocycles. The largest absolute Gasteiger partial charge is 0.497 e. The lowest BCUT2D eigenvalue weighted by molar-refractivity contribution is 0.0484. The predicted octanol–water partition coefficient (Wildman–Crippen LogP) is 4.96. The molecule has 1 aromatic heterocycles. The van der Waals surface area contributed by atoms with E-state index < -0.39 is 0 Å². The van der Waals surface area contributed by atoms with Crippen LogP contribution in [0.2, 0.25) is 0 Å². The van der Waals surface area contributed by atoms with E-state index in [0.29, 0.717) is 25.5 Å². The maximum Gasteiger partial charge on any atom is 0.287 e. The lowest BCUT2D eigenvalue weighted by atomic mass is 9.74. The van der Waals surface area contributed by atoms with E-state index in [9.17, 15) is 4.79 Å². The van der Waals surface area contributed by atoms with Crippen LogP contribution in [0, 0.1) is 13.8 Å². The quantitative estimate of drug-likeness (QED) is 0.526. The number of methoxy groups -OCH3 is 1. The first-order valence-electron chi connectivity index (χ1n) is 11.3. The highest BCUT2D eigenvalue weighted by molar-refractivity contribution is 5.91. The first-order chi connectivity index (χ1) is 16.0. The Hall–Kier alpha value is -3.25. The summed E-state index contributed by atoms with van der Waals surface area (Å²) in [5.41, 5.74) is 3.25. The molecule has 0 bridgehead atoms. The third-order valence-electron chi connectivity index (χ3n) is 6.33. The molecule has 1 N–H and O–H groups in total. The summed E-state index contributed by atoms with van der Waals surface area (Å²) < 4.78 is 22.5. The molecule has 2 aromatic carbocycles. The molecule has 0 spiro atoms. The SMILES string of the molecule is COc1ccc(C2(CNC(=O)c3ccc(COc4ccc(C)cc4C)o3)CCOCC2)cc1. The standard InChI is InChI=1S/C27H31NO5/c1-19-4-10-24(20(2)16-19)32-17-23-9-11-25(33-23)26(29)28-18-27(12-14-31-15-13-27)21-5-7-22(30-3)8-6-21/h4-11,16H,12-15,17-18H2,1-3H3,(H,28,29). The van der Waals surface area contributed by atoms with Crippen molar-refractivity contribution >= 4 is 5.91 Å². The second-order valence-corrected chi connectivity index (χ2v) is 8.63. The number of aryl methyl sites for hydroxylation is 2. The number of hydrogen-bond donors (Lipinski definition) is 1. The average molecular weight is 450 g/mol. The summed E-state index contributed by atoms with van der Waals surface area (Å²) in [6.07, 6.45) is 1.68. The highest BCUT2D eigenvalue weighted by atomic mass is 16.5. The van der Waals surface area contributed by atoms with Crippen LogP contribution in [0.5, 0.6) is 11.5 Å². The van der Waals surface area contributed by atoms with E-state index in [4.69, 9.17) is 18.6 Å². The molecule has 3 aromatic rings. The summed E-state index contributed by atoms with van der Waals surface area (Å²) in [5.74, 6) is 2.29. The van der Waals surface area contributed by atoms with Crippen molar-refractivity contribution in [3.05, 3.63) is 82.8 Å². The molecule has 1 amide bonds. The van der Waals surface area contributed by atoms with Gasteiger partial charge in [0, 0.05) is 25.2 Å². The van der Waals surface area contributed by atoms with Crippen LogP contribution in [0.3, 0.4) is 0 Å². The first kappa shape index (κ1) is 22.9. The van der Waals surface area contributed by atoms with Gasteiger partial charge in [0.15, 0.2) is 5.76 Å². The fraction of sp³-hybridized carbons (Fsp3) is 0.370. The normalized spacial score (nSPS) is 15.1. The molecule has 1 fully saturated rings. The van der Waals surface area contributed by atoms with Gasteiger partial charge in [0.05, 0.1) is 7.11 Å². The number of nitrogens with one attached hydrogen (secondary N) is 1. The molecule has 0 saturated carbocycles. The Labute approximate surface area is 194 Å². The smallest absolute Gasteiger partial charge is 0.287 e. The van der Waals surface area contributed by atoms with Gasteiger partial charge in [-0.25, -0.2) is 0 Å². The minimum absolute atomic E-state index is 0.179. The van der Waals surface area contributed by atoms with Crippen LogP contribution in [0.15, 0.2) is 59.0 Å². The Kier molecular flexibility index (Phi) is 7.04. The van der Waals surface area contributed by atoms with Crippen LogP contribution >= 0.6 is 0 Å². The number of hydrogen-bond acceptors (Lipinski definition) is 5. The van der Waals surface area contributed by atoms with E-state index in [0.717, 1.165) is 29.9 Å². The van der Waals surface area contributed by atoms with Crippen molar-refractivity contribution in [2.75, 3.05) is 26.9 Å².